The van der Waals surface area contributed by atoms with Crippen LogP contribution in [0.2, 0.25) is 0 Å². The highest BCUT2D eigenvalue weighted by atomic mass is 32.2. The lowest BCUT2D eigenvalue weighted by Gasteiger charge is -2.55. The van der Waals surface area contributed by atoms with E-state index in [9.17, 15) is 23.3 Å². The molecule has 0 atom stereocenters. The lowest BCUT2D eigenvalue weighted by molar-refractivity contribution is -0.384. The fourth-order valence-corrected chi connectivity index (χ4v) is 8.26. The molecule has 0 aliphatic heterocycles. The summed E-state index contributed by atoms with van der Waals surface area (Å²) in [6.07, 6.45) is 8.72. The van der Waals surface area contributed by atoms with E-state index in [4.69, 9.17) is 0 Å². The standard InChI is InChI=1S/C22H28N2O5S/c25-21(13-20-16-9-14-8-15(11-16)12-17(20)10-14)22(6-1-7-22)23-30(28,29)19-4-2-18(3-5-19)24(26)27/h2-5,14-17,20,23H,1,6-13H2. The second-order valence-electron chi connectivity index (χ2n) is 10.0. The van der Waals surface area contributed by atoms with E-state index in [-0.39, 0.29) is 16.4 Å². The summed E-state index contributed by atoms with van der Waals surface area (Å²) < 4.78 is 28.6. The van der Waals surface area contributed by atoms with Crippen LogP contribution in [0.15, 0.2) is 29.2 Å². The number of sulfonamides is 1. The second kappa shape index (κ2) is 7.12. The Labute approximate surface area is 176 Å². The number of benzene rings is 1. The number of nitro benzene ring substituents is 1. The molecule has 162 valence electrons. The van der Waals surface area contributed by atoms with Crippen molar-refractivity contribution in [3.05, 3.63) is 34.4 Å². The first kappa shape index (κ1) is 20.1. The van der Waals surface area contributed by atoms with E-state index in [1.165, 1.54) is 56.4 Å². The van der Waals surface area contributed by atoms with E-state index >= 15 is 0 Å². The van der Waals surface area contributed by atoms with Crippen LogP contribution in [-0.2, 0) is 14.8 Å². The van der Waals surface area contributed by atoms with Gasteiger partial charge in [0.1, 0.15) is 0 Å². The first-order valence-electron chi connectivity index (χ1n) is 11.1. The third-order valence-corrected chi connectivity index (χ3v) is 9.82. The second-order valence-corrected chi connectivity index (χ2v) is 11.7. The van der Waals surface area contributed by atoms with Gasteiger partial charge in [0.2, 0.25) is 10.0 Å². The van der Waals surface area contributed by atoms with Gasteiger partial charge in [0, 0.05) is 18.6 Å². The predicted molar refractivity (Wildman–Crippen MR) is 110 cm³/mol. The number of rotatable bonds is 7. The number of nitro groups is 1. The SMILES string of the molecule is O=C(CC1C2CC3CC(C2)CC1C3)C1(NS(=O)(=O)c2ccc([N+](=O)[O-])cc2)CCC1. The van der Waals surface area contributed by atoms with E-state index < -0.39 is 20.5 Å². The van der Waals surface area contributed by atoms with Crippen molar-refractivity contribution in [2.75, 3.05) is 0 Å². The lowest BCUT2D eigenvalue weighted by atomic mass is 9.50. The van der Waals surface area contributed by atoms with E-state index in [0.717, 1.165) is 18.3 Å². The van der Waals surface area contributed by atoms with Crippen LogP contribution in [0.4, 0.5) is 5.69 Å². The number of ketones is 1. The largest absolute Gasteiger partial charge is 0.298 e. The maximum absolute atomic E-state index is 13.4. The molecule has 0 saturated heterocycles. The third-order valence-electron chi connectivity index (χ3n) is 8.27. The Balaban J connectivity index is 1.31. The van der Waals surface area contributed by atoms with Crippen molar-refractivity contribution in [3.63, 3.8) is 0 Å². The zero-order valence-corrected chi connectivity index (χ0v) is 17.8. The monoisotopic (exact) mass is 432 g/mol. The fraction of sp³-hybridized carbons (Fsp3) is 0.682. The summed E-state index contributed by atoms with van der Waals surface area (Å²) in [5.74, 6) is 3.40. The predicted octanol–water partition coefficient (Wildman–Crippen LogP) is 3.83. The quantitative estimate of drug-likeness (QED) is 0.521. The van der Waals surface area contributed by atoms with Gasteiger partial charge in [-0.15, -0.1) is 0 Å². The minimum absolute atomic E-state index is 0.0386. The highest BCUT2D eigenvalue weighted by Gasteiger charge is 2.52. The Hall–Kier alpha value is -1.80. The fourth-order valence-electron chi connectivity index (χ4n) is 6.81. The molecule has 5 fully saturated rings. The molecule has 8 heteroatoms. The van der Waals surface area contributed by atoms with Crippen LogP contribution in [-0.4, -0.2) is 24.7 Å². The molecule has 7 nitrogen and oxygen atoms in total. The first-order valence-corrected chi connectivity index (χ1v) is 12.6. The summed E-state index contributed by atoms with van der Waals surface area (Å²) >= 11 is 0. The molecule has 0 unspecified atom stereocenters. The average molecular weight is 433 g/mol. The van der Waals surface area contributed by atoms with Gasteiger partial charge >= 0.3 is 0 Å². The van der Waals surface area contributed by atoms with Crippen molar-refractivity contribution in [1.29, 1.82) is 0 Å². The molecular formula is C22H28N2O5S. The Morgan fingerprint density at radius 1 is 1.03 bits per heavy atom. The van der Waals surface area contributed by atoms with Gasteiger partial charge in [0.15, 0.2) is 5.78 Å². The molecule has 30 heavy (non-hydrogen) atoms. The lowest BCUT2D eigenvalue weighted by Crippen LogP contribution is -2.60. The number of carbonyl (C=O) groups excluding carboxylic acids is 1. The molecular weight excluding hydrogens is 404 g/mol. The number of nitrogens with zero attached hydrogens (tertiary/aromatic N) is 1. The molecule has 1 N–H and O–H groups in total. The van der Waals surface area contributed by atoms with Crippen molar-refractivity contribution in [2.45, 2.75) is 68.2 Å². The third kappa shape index (κ3) is 3.38. The van der Waals surface area contributed by atoms with Crippen LogP contribution in [0.3, 0.4) is 0 Å². The van der Waals surface area contributed by atoms with Crippen molar-refractivity contribution < 1.29 is 18.1 Å². The number of nitrogens with one attached hydrogen (secondary N) is 1. The molecule has 5 aliphatic rings. The number of hydrogen-bond acceptors (Lipinski definition) is 5. The van der Waals surface area contributed by atoms with Gasteiger partial charge in [0.05, 0.1) is 15.4 Å². The normalized spacial score (nSPS) is 33.8. The van der Waals surface area contributed by atoms with Crippen LogP contribution in [0, 0.1) is 39.7 Å². The van der Waals surface area contributed by atoms with Gasteiger partial charge in [0.25, 0.3) is 5.69 Å². The molecule has 0 aromatic heterocycles. The highest BCUT2D eigenvalue weighted by Crippen LogP contribution is 2.57. The van der Waals surface area contributed by atoms with E-state index in [0.29, 0.717) is 37.0 Å². The van der Waals surface area contributed by atoms with Gasteiger partial charge in [-0.25, -0.2) is 8.42 Å². The summed E-state index contributed by atoms with van der Waals surface area (Å²) in [5, 5.41) is 10.8. The van der Waals surface area contributed by atoms with Gasteiger partial charge in [-0.1, -0.05) is 0 Å². The van der Waals surface area contributed by atoms with Crippen molar-refractivity contribution >= 4 is 21.5 Å². The molecule has 0 spiro atoms. The number of non-ortho nitro benzene ring substituents is 1. The molecule has 1 aromatic carbocycles. The van der Waals surface area contributed by atoms with E-state index in [2.05, 4.69) is 4.72 Å². The van der Waals surface area contributed by atoms with Crippen molar-refractivity contribution in [1.82, 2.24) is 4.72 Å². The van der Waals surface area contributed by atoms with Gasteiger partial charge < -0.3 is 0 Å². The zero-order valence-electron chi connectivity index (χ0n) is 17.0. The number of carbonyl (C=O) groups is 1. The number of hydrogen-bond donors (Lipinski definition) is 1. The van der Waals surface area contributed by atoms with Gasteiger partial charge in [-0.3, -0.25) is 14.9 Å². The molecule has 0 heterocycles. The molecule has 4 bridgehead atoms. The summed E-state index contributed by atoms with van der Waals surface area (Å²) in [6.45, 7) is 0. The van der Waals surface area contributed by atoms with Gasteiger partial charge in [-0.05, 0) is 93.1 Å². The summed E-state index contributed by atoms with van der Waals surface area (Å²) in [6, 6.07) is 4.82. The molecule has 5 aliphatic carbocycles. The minimum atomic E-state index is -3.92. The van der Waals surface area contributed by atoms with Crippen molar-refractivity contribution in [2.24, 2.45) is 29.6 Å². The Kier molecular flexibility index (Phi) is 4.78. The number of Topliss-reactive ketones (excluding diaryl/α,β-unsaturated/α-hetero) is 1. The summed E-state index contributed by atoms with van der Waals surface area (Å²) in [7, 11) is -3.92. The molecule has 1 aromatic rings. The maximum Gasteiger partial charge on any atom is 0.269 e. The Bertz CT molecular complexity index is 940. The minimum Gasteiger partial charge on any atom is -0.298 e. The molecule has 5 saturated carbocycles. The van der Waals surface area contributed by atoms with Gasteiger partial charge in [-0.2, -0.15) is 4.72 Å². The van der Waals surface area contributed by atoms with Crippen LogP contribution in [0.5, 0.6) is 0 Å². The maximum atomic E-state index is 13.4. The summed E-state index contributed by atoms with van der Waals surface area (Å²) in [5.41, 5.74) is -1.17. The summed E-state index contributed by atoms with van der Waals surface area (Å²) in [4.78, 5) is 23.6. The zero-order chi connectivity index (χ0) is 21.1. The van der Waals surface area contributed by atoms with E-state index in [1.54, 1.807) is 0 Å². The molecule has 6 rings (SSSR count). The van der Waals surface area contributed by atoms with Crippen LogP contribution in [0.1, 0.15) is 57.8 Å². The molecule has 0 amide bonds. The molecule has 0 radical (unpaired) electrons. The van der Waals surface area contributed by atoms with E-state index in [1.807, 2.05) is 0 Å². The Morgan fingerprint density at radius 3 is 2.07 bits per heavy atom. The average Bonchev–Trinajstić information content (AvgIpc) is 2.67. The Morgan fingerprint density at radius 2 is 1.60 bits per heavy atom. The van der Waals surface area contributed by atoms with Crippen LogP contribution in [0.25, 0.3) is 0 Å². The topological polar surface area (TPSA) is 106 Å². The highest BCUT2D eigenvalue weighted by molar-refractivity contribution is 7.89. The van der Waals surface area contributed by atoms with Crippen molar-refractivity contribution in [3.8, 4) is 0 Å². The van der Waals surface area contributed by atoms with Crippen LogP contribution >= 0.6 is 0 Å². The first-order chi connectivity index (χ1) is 14.3. The van der Waals surface area contributed by atoms with Crippen LogP contribution < -0.4 is 4.72 Å². The smallest absolute Gasteiger partial charge is 0.269 e.